The number of carbonyl (C=O) groups is 1. The van der Waals surface area contributed by atoms with Gasteiger partial charge in [-0.1, -0.05) is 36.4 Å². The third-order valence-corrected chi connectivity index (χ3v) is 3.92. The molecule has 1 amide bonds. The third kappa shape index (κ3) is 3.27. The molecule has 114 valence electrons. The highest BCUT2D eigenvalue weighted by Gasteiger charge is 2.23. The lowest BCUT2D eigenvalue weighted by molar-refractivity contribution is -0.121. The van der Waals surface area contributed by atoms with Crippen molar-refractivity contribution in [1.29, 1.82) is 0 Å². The summed E-state index contributed by atoms with van der Waals surface area (Å²) in [5, 5.41) is 2.91. The molecule has 0 aromatic heterocycles. The average Bonchev–Trinajstić information content (AvgIpc) is 2.95. The lowest BCUT2D eigenvalue weighted by Crippen LogP contribution is -2.29. The van der Waals surface area contributed by atoms with E-state index in [0.29, 0.717) is 25.1 Å². The SMILES string of the molecule is O=C(CCc1ccccc1F)NCC1COc2ccccc21. The minimum Gasteiger partial charge on any atom is -0.493 e. The zero-order valence-corrected chi connectivity index (χ0v) is 12.2. The molecule has 0 spiro atoms. The second-order valence-electron chi connectivity index (χ2n) is 5.44. The van der Waals surface area contributed by atoms with Crippen molar-refractivity contribution in [3.63, 3.8) is 0 Å². The van der Waals surface area contributed by atoms with Crippen molar-refractivity contribution in [3.05, 3.63) is 65.5 Å². The number of para-hydroxylation sites is 1. The number of aryl methyl sites for hydroxylation is 1. The van der Waals surface area contributed by atoms with E-state index >= 15 is 0 Å². The summed E-state index contributed by atoms with van der Waals surface area (Å²) in [7, 11) is 0. The standard InChI is InChI=1S/C18H18FNO2/c19-16-7-3-1-5-13(16)9-10-18(21)20-11-14-12-22-17-8-4-2-6-15(14)17/h1-8,14H,9-12H2,(H,20,21). The lowest BCUT2D eigenvalue weighted by Gasteiger charge is -2.10. The molecule has 4 heteroatoms. The summed E-state index contributed by atoms with van der Waals surface area (Å²) in [5.74, 6) is 0.766. The molecule has 1 heterocycles. The van der Waals surface area contributed by atoms with Crippen LogP contribution in [0.2, 0.25) is 0 Å². The predicted octanol–water partition coefficient (Wildman–Crippen LogP) is 3.05. The summed E-state index contributed by atoms with van der Waals surface area (Å²) in [6, 6.07) is 14.4. The smallest absolute Gasteiger partial charge is 0.220 e. The number of amides is 1. The molecular formula is C18H18FNO2. The van der Waals surface area contributed by atoms with E-state index in [9.17, 15) is 9.18 Å². The molecule has 1 unspecified atom stereocenters. The first-order chi connectivity index (χ1) is 10.7. The van der Waals surface area contributed by atoms with Gasteiger partial charge in [0.05, 0.1) is 6.61 Å². The van der Waals surface area contributed by atoms with Crippen LogP contribution in [0.3, 0.4) is 0 Å². The molecule has 2 aromatic rings. The highest BCUT2D eigenvalue weighted by molar-refractivity contribution is 5.76. The largest absolute Gasteiger partial charge is 0.493 e. The van der Waals surface area contributed by atoms with Crippen LogP contribution in [0, 0.1) is 5.82 Å². The van der Waals surface area contributed by atoms with E-state index in [0.717, 1.165) is 11.3 Å². The van der Waals surface area contributed by atoms with E-state index in [2.05, 4.69) is 5.32 Å². The Morgan fingerprint density at radius 3 is 2.82 bits per heavy atom. The zero-order valence-electron chi connectivity index (χ0n) is 12.2. The average molecular weight is 299 g/mol. The van der Waals surface area contributed by atoms with Crippen LogP contribution in [0.25, 0.3) is 0 Å². The Kier molecular flexibility index (Phi) is 4.37. The molecule has 0 bridgehead atoms. The number of benzene rings is 2. The van der Waals surface area contributed by atoms with Crippen LogP contribution < -0.4 is 10.1 Å². The van der Waals surface area contributed by atoms with Crippen LogP contribution in [-0.4, -0.2) is 19.1 Å². The highest BCUT2D eigenvalue weighted by atomic mass is 19.1. The minimum absolute atomic E-state index is 0.0624. The molecular weight excluding hydrogens is 281 g/mol. The van der Waals surface area contributed by atoms with E-state index in [1.165, 1.54) is 6.07 Å². The Morgan fingerprint density at radius 2 is 1.95 bits per heavy atom. The van der Waals surface area contributed by atoms with Gasteiger partial charge in [0.1, 0.15) is 11.6 Å². The van der Waals surface area contributed by atoms with E-state index in [1.54, 1.807) is 18.2 Å². The highest BCUT2D eigenvalue weighted by Crippen LogP contribution is 2.32. The summed E-state index contributed by atoms with van der Waals surface area (Å²) in [6.45, 7) is 1.14. The summed E-state index contributed by atoms with van der Waals surface area (Å²) in [5.41, 5.74) is 1.71. The van der Waals surface area contributed by atoms with Gasteiger partial charge in [-0.15, -0.1) is 0 Å². The maximum atomic E-state index is 13.5. The Hall–Kier alpha value is -2.36. The topological polar surface area (TPSA) is 38.3 Å². The first kappa shape index (κ1) is 14.6. The van der Waals surface area contributed by atoms with Gasteiger partial charge >= 0.3 is 0 Å². The van der Waals surface area contributed by atoms with E-state index in [-0.39, 0.29) is 24.1 Å². The van der Waals surface area contributed by atoms with E-state index in [4.69, 9.17) is 4.74 Å². The summed E-state index contributed by atoms with van der Waals surface area (Å²) >= 11 is 0. The van der Waals surface area contributed by atoms with E-state index < -0.39 is 0 Å². The van der Waals surface area contributed by atoms with Gasteiger partial charge in [0.2, 0.25) is 5.91 Å². The van der Waals surface area contributed by atoms with Gasteiger partial charge in [-0.2, -0.15) is 0 Å². The van der Waals surface area contributed by atoms with Crippen molar-refractivity contribution in [3.8, 4) is 5.75 Å². The second kappa shape index (κ2) is 6.60. The maximum Gasteiger partial charge on any atom is 0.220 e. The summed E-state index contributed by atoms with van der Waals surface area (Å²) in [4.78, 5) is 11.9. The molecule has 1 atom stereocenters. The first-order valence-electron chi connectivity index (χ1n) is 7.46. The molecule has 1 aliphatic rings. The van der Waals surface area contributed by atoms with Crippen LogP contribution in [0.5, 0.6) is 5.75 Å². The predicted molar refractivity (Wildman–Crippen MR) is 82.4 cm³/mol. The molecule has 2 aromatic carbocycles. The Balaban J connectivity index is 1.48. The Labute approximate surface area is 129 Å². The van der Waals surface area contributed by atoms with Gasteiger partial charge in [0.15, 0.2) is 0 Å². The fraction of sp³-hybridized carbons (Fsp3) is 0.278. The van der Waals surface area contributed by atoms with Gasteiger partial charge in [0.25, 0.3) is 0 Å². The molecule has 3 rings (SSSR count). The molecule has 3 nitrogen and oxygen atoms in total. The number of rotatable bonds is 5. The van der Waals surface area contributed by atoms with E-state index in [1.807, 2.05) is 24.3 Å². The van der Waals surface area contributed by atoms with Crippen molar-refractivity contribution in [2.75, 3.05) is 13.2 Å². The minimum atomic E-state index is -0.256. The van der Waals surface area contributed by atoms with Crippen molar-refractivity contribution < 1.29 is 13.9 Å². The molecule has 0 radical (unpaired) electrons. The van der Waals surface area contributed by atoms with Crippen LogP contribution in [0.1, 0.15) is 23.5 Å². The fourth-order valence-corrected chi connectivity index (χ4v) is 2.67. The number of ether oxygens (including phenoxy) is 1. The van der Waals surface area contributed by atoms with Gasteiger partial charge < -0.3 is 10.1 Å². The number of carbonyl (C=O) groups excluding carboxylic acids is 1. The Morgan fingerprint density at radius 1 is 1.18 bits per heavy atom. The summed E-state index contributed by atoms with van der Waals surface area (Å²) < 4.78 is 19.1. The van der Waals surface area contributed by atoms with Crippen molar-refractivity contribution in [1.82, 2.24) is 5.32 Å². The maximum absolute atomic E-state index is 13.5. The fourth-order valence-electron chi connectivity index (χ4n) is 2.67. The molecule has 0 fully saturated rings. The van der Waals surface area contributed by atoms with Crippen LogP contribution in [0.4, 0.5) is 4.39 Å². The van der Waals surface area contributed by atoms with Gasteiger partial charge in [-0.25, -0.2) is 4.39 Å². The second-order valence-corrected chi connectivity index (χ2v) is 5.44. The van der Waals surface area contributed by atoms with Crippen molar-refractivity contribution >= 4 is 5.91 Å². The van der Waals surface area contributed by atoms with Gasteiger partial charge in [0, 0.05) is 24.4 Å². The summed E-state index contributed by atoms with van der Waals surface area (Å²) in [6.07, 6.45) is 0.701. The molecule has 0 aliphatic carbocycles. The van der Waals surface area contributed by atoms with Crippen LogP contribution >= 0.6 is 0 Å². The number of nitrogens with one attached hydrogen (secondary N) is 1. The third-order valence-electron chi connectivity index (χ3n) is 3.92. The molecule has 0 saturated carbocycles. The Bertz CT molecular complexity index is 672. The number of hydrogen-bond donors (Lipinski definition) is 1. The zero-order chi connectivity index (χ0) is 15.4. The quantitative estimate of drug-likeness (QED) is 0.921. The van der Waals surface area contributed by atoms with Crippen molar-refractivity contribution in [2.24, 2.45) is 0 Å². The van der Waals surface area contributed by atoms with Gasteiger partial charge in [-0.3, -0.25) is 4.79 Å². The number of fused-ring (bicyclic) bond motifs is 1. The van der Waals surface area contributed by atoms with Crippen LogP contribution in [0.15, 0.2) is 48.5 Å². The monoisotopic (exact) mass is 299 g/mol. The number of halogens is 1. The van der Waals surface area contributed by atoms with Crippen molar-refractivity contribution in [2.45, 2.75) is 18.8 Å². The number of hydrogen-bond acceptors (Lipinski definition) is 2. The first-order valence-corrected chi connectivity index (χ1v) is 7.46. The van der Waals surface area contributed by atoms with Crippen LogP contribution in [-0.2, 0) is 11.2 Å². The van der Waals surface area contributed by atoms with Gasteiger partial charge in [-0.05, 0) is 24.1 Å². The molecule has 22 heavy (non-hydrogen) atoms. The normalized spacial score (nSPS) is 16.0. The lowest BCUT2D eigenvalue weighted by atomic mass is 10.0. The molecule has 1 aliphatic heterocycles. The molecule has 0 saturated heterocycles. The molecule has 1 N–H and O–H groups in total.